The maximum Gasteiger partial charge on any atom is 0.263 e. The summed E-state index contributed by atoms with van der Waals surface area (Å²) in [7, 11) is 0. The van der Waals surface area contributed by atoms with E-state index in [0.29, 0.717) is 13.1 Å². The maximum absolute atomic E-state index is 12.4. The Kier molecular flexibility index (Phi) is 3.52. The van der Waals surface area contributed by atoms with Gasteiger partial charge in [-0.15, -0.1) is 11.3 Å². The van der Waals surface area contributed by atoms with Gasteiger partial charge in [0.25, 0.3) is 5.91 Å². The fraction of sp³-hybridized carbons (Fsp3) is 0.538. The molecule has 1 aromatic rings. The molecule has 1 atom stereocenters. The number of hydrogen-bond donors (Lipinski definition) is 1. The molecule has 1 aromatic heterocycles. The minimum absolute atomic E-state index is 0.0511. The first-order valence-corrected chi connectivity index (χ1v) is 7.48. The lowest BCUT2D eigenvalue weighted by molar-refractivity contribution is -0.128. The van der Waals surface area contributed by atoms with Crippen molar-refractivity contribution < 1.29 is 9.59 Å². The Hall–Kier alpha value is -1.40. The van der Waals surface area contributed by atoms with Crippen molar-refractivity contribution in [3.05, 3.63) is 22.4 Å². The first kappa shape index (κ1) is 12.6. The van der Waals surface area contributed by atoms with Crippen molar-refractivity contribution in [2.24, 2.45) is 0 Å². The van der Waals surface area contributed by atoms with Gasteiger partial charge in [-0.2, -0.15) is 0 Å². The molecule has 0 radical (unpaired) electrons. The number of nitrogens with one attached hydrogen (secondary N) is 1. The number of carbonyl (C=O) groups is 2. The molecule has 0 aromatic carbocycles. The van der Waals surface area contributed by atoms with Crippen LogP contribution in [0.25, 0.3) is 0 Å². The van der Waals surface area contributed by atoms with Gasteiger partial charge in [0.15, 0.2) is 0 Å². The van der Waals surface area contributed by atoms with E-state index in [1.54, 1.807) is 0 Å². The molecule has 0 bridgehead atoms. The second kappa shape index (κ2) is 5.30. The van der Waals surface area contributed by atoms with Crippen LogP contribution in [0.4, 0.5) is 0 Å². The monoisotopic (exact) mass is 279 g/mol. The van der Waals surface area contributed by atoms with E-state index in [2.05, 4.69) is 10.2 Å². The van der Waals surface area contributed by atoms with E-state index in [0.717, 1.165) is 30.9 Å². The fourth-order valence-electron chi connectivity index (χ4n) is 2.73. The maximum atomic E-state index is 12.4. The molecule has 102 valence electrons. The standard InChI is InChI=1S/C13H17N3O2S/c17-12-10-9-16(13(18)11-3-1-8-19-11)6-2-5-15(10)7-4-14-12/h1,3,8,10H,2,4-7,9H2,(H,14,17). The van der Waals surface area contributed by atoms with Crippen LogP contribution in [0.15, 0.2) is 17.5 Å². The molecular weight excluding hydrogens is 262 g/mol. The second-order valence-electron chi connectivity index (χ2n) is 4.92. The van der Waals surface area contributed by atoms with Crippen molar-refractivity contribution in [3.8, 4) is 0 Å². The summed E-state index contributed by atoms with van der Waals surface area (Å²) in [6, 6.07) is 3.55. The third kappa shape index (κ3) is 2.50. The Balaban J connectivity index is 1.76. The summed E-state index contributed by atoms with van der Waals surface area (Å²) in [5.74, 6) is 0.104. The molecule has 5 nitrogen and oxygen atoms in total. The van der Waals surface area contributed by atoms with Gasteiger partial charge in [0.2, 0.25) is 5.91 Å². The van der Waals surface area contributed by atoms with Gasteiger partial charge in [-0.25, -0.2) is 0 Å². The van der Waals surface area contributed by atoms with Crippen LogP contribution in [0.2, 0.25) is 0 Å². The first-order valence-electron chi connectivity index (χ1n) is 6.60. The van der Waals surface area contributed by atoms with Crippen molar-refractivity contribution in [3.63, 3.8) is 0 Å². The highest BCUT2D eigenvalue weighted by atomic mass is 32.1. The number of amides is 2. The lowest BCUT2D eigenvalue weighted by Crippen LogP contribution is -2.58. The third-order valence-electron chi connectivity index (χ3n) is 3.73. The molecule has 1 unspecified atom stereocenters. The average molecular weight is 279 g/mol. The van der Waals surface area contributed by atoms with Gasteiger partial charge in [0.1, 0.15) is 6.04 Å². The Labute approximate surface area is 116 Å². The molecule has 3 rings (SSSR count). The SMILES string of the molecule is O=C1NCCN2CCCN(C(=O)c3cccs3)CC12. The van der Waals surface area contributed by atoms with Crippen LogP contribution in [0, 0.1) is 0 Å². The zero-order valence-electron chi connectivity index (χ0n) is 10.7. The Bertz CT molecular complexity index is 474. The van der Waals surface area contributed by atoms with E-state index in [1.807, 2.05) is 22.4 Å². The third-order valence-corrected chi connectivity index (χ3v) is 4.59. The van der Waals surface area contributed by atoms with Crippen LogP contribution in [-0.2, 0) is 4.79 Å². The number of nitrogens with zero attached hydrogens (tertiary/aromatic N) is 2. The van der Waals surface area contributed by atoms with Gasteiger partial charge in [-0.1, -0.05) is 6.07 Å². The van der Waals surface area contributed by atoms with Crippen LogP contribution in [-0.4, -0.2) is 60.4 Å². The van der Waals surface area contributed by atoms with Crippen LogP contribution in [0.1, 0.15) is 16.1 Å². The van der Waals surface area contributed by atoms with Crippen molar-refractivity contribution >= 4 is 23.2 Å². The Morgan fingerprint density at radius 1 is 1.37 bits per heavy atom. The molecule has 2 aliphatic heterocycles. The molecule has 0 spiro atoms. The average Bonchev–Trinajstić information content (AvgIpc) is 2.85. The molecule has 3 heterocycles. The predicted octanol–water partition coefficient (Wildman–Crippen LogP) is 0.394. The summed E-state index contributed by atoms with van der Waals surface area (Å²) < 4.78 is 0. The van der Waals surface area contributed by atoms with E-state index >= 15 is 0 Å². The van der Waals surface area contributed by atoms with Crippen molar-refractivity contribution in [2.75, 3.05) is 32.7 Å². The molecule has 2 amide bonds. The summed E-state index contributed by atoms with van der Waals surface area (Å²) in [5.41, 5.74) is 0. The van der Waals surface area contributed by atoms with Gasteiger partial charge in [0.05, 0.1) is 4.88 Å². The minimum Gasteiger partial charge on any atom is -0.353 e. The summed E-state index contributed by atoms with van der Waals surface area (Å²) in [6.07, 6.45) is 0.931. The summed E-state index contributed by atoms with van der Waals surface area (Å²) in [4.78, 5) is 29.1. The topological polar surface area (TPSA) is 52.7 Å². The van der Waals surface area contributed by atoms with E-state index in [9.17, 15) is 9.59 Å². The second-order valence-corrected chi connectivity index (χ2v) is 5.87. The van der Waals surface area contributed by atoms with Gasteiger partial charge in [-0.3, -0.25) is 14.5 Å². The Morgan fingerprint density at radius 3 is 3.05 bits per heavy atom. The number of carbonyl (C=O) groups excluding carboxylic acids is 2. The van der Waals surface area contributed by atoms with Crippen LogP contribution >= 0.6 is 11.3 Å². The quantitative estimate of drug-likeness (QED) is 0.809. The number of hydrogen-bond acceptors (Lipinski definition) is 4. The Morgan fingerprint density at radius 2 is 2.26 bits per heavy atom. The molecule has 0 saturated carbocycles. The number of thiophene rings is 1. The zero-order valence-corrected chi connectivity index (χ0v) is 11.5. The van der Waals surface area contributed by atoms with Crippen LogP contribution < -0.4 is 5.32 Å². The van der Waals surface area contributed by atoms with Crippen molar-refractivity contribution in [1.29, 1.82) is 0 Å². The molecular formula is C13H17N3O2S. The number of rotatable bonds is 1. The summed E-state index contributed by atoms with van der Waals surface area (Å²) in [6.45, 7) is 3.73. The molecule has 2 fully saturated rings. The molecule has 0 aliphatic carbocycles. The van der Waals surface area contributed by atoms with Crippen LogP contribution in [0.5, 0.6) is 0 Å². The number of fused-ring (bicyclic) bond motifs is 1. The van der Waals surface area contributed by atoms with Crippen molar-refractivity contribution in [2.45, 2.75) is 12.5 Å². The molecule has 2 aliphatic rings. The highest BCUT2D eigenvalue weighted by Crippen LogP contribution is 2.17. The molecule has 6 heteroatoms. The molecule has 19 heavy (non-hydrogen) atoms. The van der Waals surface area contributed by atoms with E-state index in [4.69, 9.17) is 0 Å². The highest BCUT2D eigenvalue weighted by Gasteiger charge is 2.34. The van der Waals surface area contributed by atoms with Gasteiger partial charge in [-0.05, 0) is 17.9 Å². The zero-order chi connectivity index (χ0) is 13.2. The smallest absolute Gasteiger partial charge is 0.263 e. The van der Waals surface area contributed by atoms with Gasteiger partial charge in [0, 0.05) is 32.7 Å². The van der Waals surface area contributed by atoms with E-state index < -0.39 is 0 Å². The summed E-state index contributed by atoms with van der Waals surface area (Å²) >= 11 is 1.46. The van der Waals surface area contributed by atoms with Gasteiger partial charge < -0.3 is 10.2 Å². The van der Waals surface area contributed by atoms with Crippen LogP contribution in [0.3, 0.4) is 0 Å². The minimum atomic E-state index is -0.180. The van der Waals surface area contributed by atoms with E-state index in [-0.39, 0.29) is 17.9 Å². The lowest BCUT2D eigenvalue weighted by Gasteiger charge is -2.34. The van der Waals surface area contributed by atoms with Crippen molar-refractivity contribution in [1.82, 2.24) is 15.1 Å². The number of piperazine rings is 1. The fourth-order valence-corrected chi connectivity index (χ4v) is 3.42. The predicted molar refractivity (Wildman–Crippen MR) is 73.2 cm³/mol. The lowest BCUT2D eigenvalue weighted by atomic mass is 10.1. The van der Waals surface area contributed by atoms with Gasteiger partial charge >= 0.3 is 0 Å². The summed E-state index contributed by atoms with van der Waals surface area (Å²) in [5, 5.41) is 4.79. The normalized spacial score (nSPS) is 24.5. The molecule has 2 saturated heterocycles. The first-order chi connectivity index (χ1) is 9.25. The highest BCUT2D eigenvalue weighted by molar-refractivity contribution is 7.12. The molecule has 1 N–H and O–H groups in total. The van der Waals surface area contributed by atoms with E-state index in [1.165, 1.54) is 11.3 Å². The largest absolute Gasteiger partial charge is 0.353 e.